The first kappa shape index (κ1) is 12.2. The molecule has 0 unspecified atom stereocenters. The summed E-state index contributed by atoms with van der Waals surface area (Å²) in [5.74, 6) is 0.832. The number of phenols is 1. The molecule has 0 saturated heterocycles. The quantitative estimate of drug-likeness (QED) is 0.900. The maximum atomic E-state index is 12.2. The zero-order valence-corrected chi connectivity index (χ0v) is 10.2. The van der Waals surface area contributed by atoms with Gasteiger partial charge in [-0.3, -0.25) is 4.79 Å². The summed E-state index contributed by atoms with van der Waals surface area (Å²) in [6.07, 6.45) is 1.59. The second-order valence-corrected chi connectivity index (χ2v) is 3.95. The highest BCUT2D eigenvalue weighted by Gasteiger charge is 2.15. The van der Waals surface area contributed by atoms with Gasteiger partial charge in [-0.05, 0) is 43.3 Å². The van der Waals surface area contributed by atoms with E-state index in [1.165, 1.54) is 12.1 Å². The van der Waals surface area contributed by atoms with E-state index in [2.05, 4.69) is 0 Å². The standard InChI is InChI=1S/C14H15NO3/c1-2-15(10-13-4-3-9-18-13)14(17)11-5-7-12(16)8-6-11/h3-9,16H,2,10H2,1H3. The zero-order valence-electron chi connectivity index (χ0n) is 10.2. The Kier molecular flexibility index (Phi) is 3.67. The number of hydrogen-bond donors (Lipinski definition) is 1. The molecule has 1 amide bonds. The van der Waals surface area contributed by atoms with Crippen molar-refractivity contribution < 1.29 is 14.3 Å². The van der Waals surface area contributed by atoms with Crippen molar-refractivity contribution in [2.45, 2.75) is 13.5 Å². The highest BCUT2D eigenvalue weighted by molar-refractivity contribution is 5.94. The lowest BCUT2D eigenvalue weighted by atomic mass is 10.2. The summed E-state index contributed by atoms with van der Waals surface area (Å²) >= 11 is 0. The van der Waals surface area contributed by atoms with Gasteiger partial charge in [-0.15, -0.1) is 0 Å². The molecule has 0 spiro atoms. The van der Waals surface area contributed by atoms with Crippen molar-refractivity contribution in [3.05, 3.63) is 54.0 Å². The van der Waals surface area contributed by atoms with E-state index in [0.717, 1.165) is 5.76 Å². The van der Waals surface area contributed by atoms with Crippen LogP contribution in [0.4, 0.5) is 0 Å². The van der Waals surface area contributed by atoms with Gasteiger partial charge in [-0.2, -0.15) is 0 Å². The van der Waals surface area contributed by atoms with Crippen LogP contribution in [-0.4, -0.2) is 22.5 Å². The summed E-state index contributed by atoms with van der Waals surface area (Å²) in [5.41, 5.74) is 0.557. The predicted octanol–water partition coefficient (Wildman–Crippen LogP) is 2.65. The molecule has 1 aromatic heterocycles. The van der Waals surface area contributed by atoms with Crippen LogP contribution in [0, 0.1) is 0 Å². The molecule has 0 saturated carbocycles. The maximum Gasteiger partial charge on any atom is 0.254 e. The van der Waals surface area contributed by atoms with Crippen molar-refractivity contribution >= 4 is 5.91 Å². The second-order valence-electron chi connectivity index (χ2n) is 3.95. The Morgan fingerprint density at radius 1 is 1.28 bits per heavy atom. The molecule has 0 bridgehead atoms. The van der Waals surface area contributed by atoms with Crippen LogP contribution in [0.5, 0.6) is 5.75 Å². The molecule has 0 fully saturated rings. The van der Waals surface area contributed by atoms with Gasteiger partial charge >= 0.3 is 0 Å². The summed E-state index contributed by atoms with van der Waals surface area (Å²) in [6, 6.07) is 9.88. The van der Waals surface area contributed by atoms with E-state index in [4.69, 9.17) is 4.42 Å². The molecule has 0 atom stereocenters. The fourth-order valence-electron chi connectivity index (χ4n) is 1.70. The van der Waals surface area contributed by atoms with E-state index in [-0.39, 0.29) is 11.7 Å². The fraction of sp³-hybridized carbons (Fsp3) is 0.214. The Hall–Kier alpha value is -2.23. The molecule has 0 aliphatic rings. The Morgan fingerprint density at radius 3 is 2.56 bits per heavy atom. The minimum absolute atomic E-state index is 0.0751. The first-order valence-electron chi connectivity index (χ1n) is 5.81. The van der Waals surface area contributed by atoms with Gasteiger partial charge in [0.1, 0.15) is 11.5 Å². The van der Waals surface area contributed by atoms with Crippen molar-refractivity contribution in [2.75, 3.05) is 6.54 Å². The minimum Gasteiger partial charge on any atom is -0.508 e. The fourth-order valence-corrected chi connectivity index (χ4v) is 1.70. The monoisotopic (exact) mass is 245 g/mol. The highest BCUT2D eigenvalue weighted by atomic mass is 16.3. The number of rotatable bonds is 4. The van der Waals surface area contributed by atoms with Crippen LogP contribution in [0.15, 0.2) is 47.1 Å². The van der Waals surface area contributed by atoms with Crippen LogP contribution in [-0.2, 0) is 6.54 Å². The molecule has 94 valence electrons. The van der Waals surface area contributed by atoms with E-state index in [0.29, 0.717) is 18.7 Å². The molecular weight excluding hydrogens is 230 g/mol. The largest absolute Gasteiger partial charge is 0.508 e. The second kappa shape index (κ2) is 5.40. The Balaban J connectivity index is 2.12. The molecule has 1 aromatic carbocycles. The Labute approximate surface area is 105 Å². The van der Waals surface area contributed by atoms with Gasteiger partial charge in [0, 0.05) is 12.1 Å². The topological polar surface area (TPSA) is 53.7 Å². The molecule has 4 heteroatoms. The lowest BCUT2D eigenvalue weighted by Gasteiger charge is -2.19. The van der Waals surface area contributed by atoms with Gasteiger partial charge in [0.25, 0.3) is 5.91 Å². The summed E-state index contributed by atoms with van der Waals surface area (Å²) in [4.78, 5) is 13.9. The van der Waals surface area contributed by atoms with Crippen molar-refractivity contribution in [2.24, 2.45) is 0 Å². The number of furan rings is 1. The SMILES string of the molecule is CCN(Cc1ccco1)C(=O)c1ccc(O)cc1. The van der Waals surface area contributed by atoms with Crippen molar-refractivity contribution in [3.63, 3.8) is 0 Å². The van der Waals surface area contributed by atoms with E-state index >= 15 is 0 Å². The number of benzene rings is 1. The number of hydrogen-bond acceptors (Lipinski definition) is 3. The average Bonchev–Trinajstić information content (AvgIpc) is 2.89. The van der Waals surface area contributed by atoms with Gasteiger partial charge in [-0.25, -0.2) is 0 Å². The number of amides is 1. The molecule has 2 aromatic rings. The van der Waals surface area contributed by atoms with E-state index in [1.807, 2.05) is 13.0 Å². The third-order valence-electron chi connectivity index (χ3n) is 2.71. The zero-order chi connectivity index (χ0) is 13.0. The summed E-state index contributed by atoms with van der Waals surface area (Å²) in [6.45, 7) is 2.96. The van der Waals surface area contributed by atoms with Gasteiger partial charge in [0.2, 0.25) is 0 Å². The number of carbonyl (C=O) groups excluding carboxylic acids is 1. The van der Waals surface area contributed by atoms with Crippen LogP contribution >= 0.6 is 0 Å². The van der Waals surface area contributed by atoms with Crippen molar-refractivity contribution in [3.8, 4) is 5.75 Å². The molecule has 1 heterocycles. The van der Waals surface area contributed by atoms with Gasteiger partial charge < -0.3 is 14.4 Å². The van der Waals surface area contributed by atoms with Crippen LogP contribution in [0.25, 0.3) is 0 Å². The molecule has 0 aliphatic carbocycles. The highest BCUT2D eigenvalue weighted by Crippen LogP contribution is 2.13. The van der Waals surface area contributed by atoms with Crippen molar-refractivity contribution in [1.29, 1.82) is 0 Å². The third-order valence-corrected chi connectivity index (χ3v) is 2.71. The van der Waals surface area contributed by atoms with Crippen LogP contribution in [0.2, 0.25) is 0 Å². The molecule has 2 rings (SSSR count). The van der Waals surface area contributed by atoms with Gasteiger partial charge in [0.05, 0.1) is 12.8 Å². The van der Waals surface area contributed by atoms with Crippen LogP contribution in [0.3, 0.4) is 0 Å². The van der Waals surface area contributed by atoms with Gasteiger partial charge in [-0.1, -0.05) is 0 Å². The summed E-state index contributed by atoms with van der Waals surface area (Å²) < 4.78 is 5.24. The first-order chi connectivity index (χ1) is 8.70. The number of aromatic hydroxyl groups is 1. The Bertz CT molecular complexity index is 502. The maximum absolute atomic E-state index is 12.2. The van der Waals surface area contributed by atoms with Gasteiger partial charge in [0.15, 0.2) is 0 Å². The number of nitrogens with zero attached hydrogens (tertiary/aromatic N) is 1. The number of phenolic OH excluding ortho intramolecular Hbond substituents is 1. The summed E-state index contributed by atoms with van der Waals surface area (Å²) in [5, 5.41) is 9.20. The molecule has 1 N–H and O–H groups in total. The number of carbonyl (C=O) groups is 1. The van der Waals surface area contributed by atoms with E-state index in [1.54, 1.807) is 29.4 Å². The lowest BCUT2D eigenvalue weighted by molar-refractivity contribution is 0.0741. The van der Waals surface area contributed by atoms with Crippen LogP contribution < -0.4 is 0 Å². The normalized spacial score (nSPS) is 10.3. The van der Waals surface area contributed by atoms with E-state index in [9.17, 15) is 9.90 Å². The lowest BCUT2D eigenvalue weighted by Crippen LogP contribution is -2.30. The van der Waals surface area contributed by atoms with Crippen molar-refractivity contribution in [1.82, 2.24) is 4.90 Å². The molecule has 0 aliphatic heterocycles. The predicted molar refractivity (Wildman–Crippen MR) is 67.2 cm³/mol. The third kappa shape index (κ3) is 2.71. The first-order valence-corrected chi connectivity index (χ1v) is 5.81. The molecular formula is C14H15NO3. The van der Waals surface area contributed by atoms with Crippen LogP contribution in [0.1, 0.15) is 23.0 Å². The molecule has 0 radical (unpaired) electrons. The van der Waals surface area contributed by atoms with E-state index < -0.39 is 0 Å². The minimum atomic E-state index is -0.0751. The summed E-state index contributed by atoms with van der Waals surface area (Å²) in [7, 11) is 0. The molecule has 4 nitrogen and oxygen atoms in total. The smallest absolute Gasteiger partial charge is 0.254 e. The molecule has 18 heavy (non-hydrogen) atoms. The Morgan fingerprint density at radius 2 is 2.00 bits per heavy atom. The average molecular weight is 245 g/mol.